The molecule has 0 aliphatic carbocycles. The van der Waals surface area contributed by atoms with Gasteiger partial charge in [0.15, 0.2) is 0 Å². The van der Waals surface area contributed by atoms with Crippen molar-refractivity contribution in [3.05, 3.63) is 36.4 Å². The van der Waals surface area contributed by atoms with Crippen molar-refractivity contribution in [1.29, 1.82) is 0 Å². The van der Waals surface area contributed by atoms with Gasteiger partial charge in [-0.05, 0) is 13.8 Å². The number of H-pyrrole nitrogens is 2. The smallest absolute Gasteiger partial charge is 0.0921 e. The van der Waals surface area contributed by atoms with Gasteiger partial charge in [-0.3, -0.25) is 0 Å². The first-order chi connectivity index (χ1) is 8.58. The molecule has 0 bridgehead atoms. The van der Waals surface area contributed by atoms with Gasteiger partial charge in [-0.25, -0.2) is 9.97 Å². The highest BCUT2D eigenvalue weighted by Crippen LogP contribution is 1.94. The predicted octanol–water partition coefficient (Wildman–Crippen LogP) is 0.599. The average Bonchev–Trinajstić information content (AvgIpc) is 2.90. The molecule has 100 valence electrons. The van der Waals surface area contributed by atoms with Crippen molar-refractivity contribution in [2.75, 3.05) is 0 Å². The highest BCUT2D eigenvalue weighted by molar-refractivity contribution is 4.96. The average molecular weight is 250 g/mol. The van der Waals surface area contributed by atoms with Gasteiger partial charge >= 0.3 is 0 Å². The Balaban J connectivity index is 0.000000180. The number of rotatable bonds is 4. The van der Waals surface area contributed by atoms with Crippen LogP contribution in [0.1, 0.15) is 25.2 Å². The summed E-state index contributed by atoms with van der Waals surface area (Å²) in [5.74, 6) is 0. The van der Waals surface area contributed by atoms with Crippen LogP contribution in [0.25, 0.3) is 0 Å². The van der Waals surface area contributed by atoms with Crippen molar-refractivity contribution in [3.8, 4) is 0 Å². The predicted molar refractivity (Wildman–Crippen MR) is 71.9 cm³/mol. The zero-order chi connectivity index (χ0) is 13.4. The van der Waals surface area contributed by atoms with Gasteiger partial charge in [0.1, 0.15) is 0 Å². The summed E-state index contributed by atoms with van der Waals surface area (Å²) in [5.41, 5.74) is 13.3. The summed E-state index contributed by atoms with van der Waals surface area (Å²) in [6.07, 6.45) is 8.67. The summed E-state index contributed by atoms with van der Waals surface area (Å²) in [5, 5.41) is 0. The van der Waals surface area contributed by atoms with Crippen molar-refractivity contribution >= 4 is 0 Å². The Morgan fingerprint density at radius 3 is 1.56 bits per heavy atom. The molecular formula is C12H22N6. The van der Waals surface area contributed by atoms with E-state index in [0.29, 0.717) is 0 Å². The number of aromatic amines is 2. The van der Waals surface area contributed by atoms with E-state index in [2.05, 4.69) is 19.9 Å². The lowest BCUT2D eigenvalue weighted by atomic mass is 10.2. The number of nitrogens with zero attached hydrogens (tertiary/aromatic N) is 2. The third-order valence-electron chi connectivity index (χ3n) is 2.19. The van der Waals surface area contributed by atoms with Crippen molar-refractivity contribution in [1.82, 2.24) is 19.9 Å². The van der Waals surface area contributed by atoms with E-state index in [-0.39, 0.29) is 12.1 Å². The van der Waals surface area contributed by atoms with E-state index >= 15 is 0 Å². The second kappa shape index (κ2) is 7.62. The van der Waals surface area contributed by atoms with E-state index < -0.39 is 0 Å². The zero-order valence-electron chi connectivity index (χ0n) is 10.9. The minimum absolute atomic E-state index is 0.213. The third-order valence-corrected chi connectivity index (χ3v) is 2.19. The first kappa shape index (κ1) is 14.4. The molecule has 0 unspecified atom stereocenters. The molecule has 0 spiro atoms. The molecule has 6 N–H and O–H groups in total. The van der Waals surface area contributed by atoms with Gasteiger partial charge in [-0.15, -0.1) is 0 Å². The van der Waals surface area contributed by atoms with Crippen LogP contribution in [0.2, 0.25) is 0 Å². The summed E-state index contributed by atoms with van der Waals surface area (Å²) in [6.45, 7) is 3.95. The van der Waals surface area contributed by atoms with E-state index in [9.17, 15) is 0 Å². The molecule has 0 aliphatic rings. The first-order valence-electron chi connectivity index (χ1n) is 6.03. The number of hydrogen-bond acceptors (Lipinski definition) is 4. The first-order valence-corrected chi connectivity index (χ1v) is 6.03. The van der Waals surface area contributed by atoms with E-state index in [4.69, 9.17) is 11.5 Å². The largest absolute Gasteiger partial charge is 0.348 e. The topological polar surface area (TPSA) is 109 Å². The second-order valence-electron chi connectivity index (χ2n) is 4.52. The summed E-state index contributed by atoms with van der Waals surface area (Å²) >= 11 is 0. The molecule has 0 aliphatic heterocycles. The number of aromatic nitrogens is 4. The molecular weight excluding hydrogens is 228 g/mol. The van der Waals surface area contributed by atoms with Crippen LogP contribution in [-0.2, 0) is 12.8 Å². The fourth-order valence-corrected chi connectivity index (χ4v) is 1.49. The monoisotopic (exact) mass is 250 g/mol. The fourth-order valence-electron chi connectivity index (χ4n) is 1.49. The SMILES string of the molecule is C[C@H](N)Cc1cnc[nH]1.C[C@H](N)Cc1cnc[nH]1. The van der Waals surface area contributed by atoms with Crippen LogP contribution in [0.4, 0.5) is 0 Å². The lowest BCUT2D eigenvalue weighted by molar-refractivity contribution is 0.725. The Labute approximate surface area is 107 Å². The quantitative estimate of drug-likeness (QED) is 0.637. The third kappa shape index (κ3) is 6.17. The Bertz CT molecular complexity index is 350. The molecule has 0 saturated carbocycles. The van der Waals surface area contributed by atoms with E-state index in [1.807, 2.05) is 13.8 Å². The minimum atomic E-state index is 0.213. The van der Waals surface area contributed by atoms with E-state index in [1.54, 1.807) is 25.0 Å². The lowest BCUT2D eigenvalue weighted by Crippen LogP contribution is -2.17. The Hall–Kier alpha value is -1.66. The van der Waals surface area contributed by atoms with Gasteiger partial charge in [0.05, 0.1) is 12.7 Å². The summed E-state index contributed by atoms with van der Waals surface area (Å²) < 4.78 is 0. The molecule has 2 aromatic rings. The van der Waals surface area contributed by atoms with Gasteiger partial charge in [0.25, 0.3) is 0 Å². The molecule has 18 heavy (non-hydrogen) atoms. The zero-order valence-corrected chi connectivity index (χ0v) is 10.9. The molecule has 0 saturated heterocycles. The van der Waals surface area contributed by atoms with Gasteiger partial charge in [-0.2, -0.15) is 0 Å². The Morgan fingerprint density at radius 1 is 0.944 bits per heavy atom. The minimum Gasteiger partial charge on any atom is -0.348 e. The normalized spacial score (nSPS) is 13.6. The van der Waals surface area contributed by atoms with Gasteiger partial charge in [0.2, 0.25) is 0 Å². The molecule has 2 atom stereocenters. The molecule has 2 aromatic heterocycles. The Morgan fingerprint density at radius 2 is 1.33 bits per heavy atom. The Kier molecular flexibility index (Phi) is 6.10. The van der Waals surface area contributed by atoms with Crippen LogP contribution < -0.4 is 11.5 Å². The number of nitrogens with two attached hydrogens (primary N) is 2. The maximum absolute atomic E-state index is 5.54. The van der Waals surface area contributed by atoms with Crippen molar-refractivity contribution in [2.24, 2.45) is 11.5 Å². The van der Waals surface area contributed by atoms with Crippen molar-refractivity contribution in [2.45, 2.75) is 38.8 Å². The standard InChI is InChI=1S/2C6H11N3/c2*1-5(7)2-6-3-8-4-9-6/h2*3-5H,2,7H2,1H3,(H,8,9)/t2*5-/m00/s1. The highest BCUT2D eigenvalue weighted by Gasteiger charge is 1.96. The number of imidazole rings is 2. The maximum atomic E-state index is 5.54. The molecule has 0 aromatic carbocycles. The van der Waals surface area contributed by atoms with Crippen LogP contribution in [0.15, 0.2) is 25.0 Å². The van der Waals surface area contributed by atoms with Crippen LogP contribution in [0.5, 0.6) is 0 Å². The number of nitrogens with one attached hydrogen (secondary N) is 2. The van der Waals surface area contributed by atoms with Crippen molar-refractivity contribution < 1.29 is 0 Å². The van der Waals surface area contributed by atoms with Crippen LogP contribution >= 0.6 is 0 Å². The summed E-state index contributed by atoms with van der Waals surface area (Å²) in [6, 6.07) is 0.427. The van der Waals surface area contributed by atoms with E-state index in [1.165, 1.54) is 0 Å². The van der Waals surface area contributed by atoms with Gasteiger partial charge < -0.3 is 21.4 Å². The molecule has 0 amide bonds. The second-order valence-corrected chi connectivity index (χ2v) is 4.52. The summed E-state index contributed by atoms with van der Waals surface area (Å²) in [4.78, 5) is 13.7. The van der Waals surface area contributed by atoms with Crippen LogP contribution in [-0.4, -0.2) is 32.0 Å². The molecule has 6 nitrogen and oxygen atoms in total. The fraction of sp³-hybridized carbons (Fsp3) is 0.500. The lowest BCUT2D eigenvalue weighted by Gasteiger charge is -1.99. The number of hydrogen-bond donors (Lipinski definition) is 4. The molecule has 2 heterocycles. The van der Waals surface area contributed by atoms with Crippen LogP contribution in [0, 0.1) is 0 Å². The molecule has 6 heteroatoms. The van der Waals surface area contributed by atoms with E-state index in [0.717, 1.165) is 24.2 Å². The van der Waals surface area contributed by atoms with Gasteiger partial charge in [-0.1, -0.05) is 0 Å². The molecule has 2 rings (SSSR count). The van der Waals surface area contributed by atoms with Crippen molar-refractivity contribution in [3.63, 3.8) is 0 Å². The molecule has 0 radical (unpaired) electrons. The molecule has 0 fully saturated rings. The maximum Gasteiger partial charge on any atom is 0.0921 e. The van der Waals surface area contributed by atoms with Gasteiger partial charge in [0, 0.05) is 48.7 Å². The highest BCUT2D eigenvalue weighted by atomic mass is 14.9. The summed E-state index contributed by atoms with van der Waals surface area (Å²) in [7, 11) is 0. The van der Waals surface area contributed by atoms with Crippen LogP contribution in [0.3, 0.4) is 0 Å².